The van der Waals surface area contributed by atoms with E-state index in [0.29, 0.717) is 37.3 Å². The summed E-state index contributed by atoms with van der Waals surface area (Å²) in [4.78, 5) is 14.6. The maximum Gasteiger partial charge on any atom is 0.213 e. The van der Waals surface area contributed by atoms with Crippen LogP contribution in [0.1, 0.15) is 154 Å². The average Bonchev–Trinajstić information content (AvgIpc) is 3.09. The summed E-state index contributed by atoms with van der Waals surface area (Å²) in [5.41, 5.74) is 1.23. The zero-order chi connectivity index (χ0) is 42.6. The Morgan fingerprint density at radius 1 is 0.690 bits per heavy atom. The van der Waals surface area contributed by atoms with Crippen LogP contribution >= 0.6 is 0 Å². The zero-order valence-electron chi connectivity index (χ0n) is 39.1. The number of pyridine rings is 2. The van der Waals surface area contributed by atoms with Gasteiger partial charge in [-0.3, -0.25) is 4.90 Å². The number of hydrogen-bond acceptors (Lipinski definition) is 10. The van der Waals surface area contributed by atoms with E-state index in [4.69, 9.17) is 23.9 Å². The lowest BCUT2D eigenvalue weighted by Gasteiger charge is -2.45. The van der Waals surface area contributed by atoms with Crippen LogP contribution in [0.5, 0.6) is 11.6 Å². The fraction of sp³-hybridized carbons (Fsp3) is 0.792. The quantitative estimate of drug-likeness (QED) is 0.126. The molecule has 2 N–H and O–H groups in total. The smallest absolute Gasteiger partial charge is 0.213 e. The van der Waals surface area contributed by atoms with Crippen LogP contribution in [0.25, 0.3) is 0 Å². The Morgan fingerprint density at radius 2 is 1.34 bits per heavy atom. The van der Waals surface area contributed by atoms with Gasteiger partial charge in [-0.2, -0.15) is 0 Å². The van der Waals surface area contributed by atoms with Crippen LogP contribution in [0.3, 0.4) is 0 Å². The van der Waals surface area contributed by atoms with Crippen LogP contribution in [0.2, 0.25) is 0 Å². The molecule has 58 heavy (non-hydrogen) atoms. The molecule has 5 rings (SSSR count). The first-order chi connectivity index (χ1) is 26.9. The molecule has 1 saturated heterocycles. The summed E-state index contributed by atoms with van der Waals surface area (Å²) >= 11 is 0. The highest BCUT2D eigenvalue weighted by molar-refractivity contribution is 5.43. The molecule has 2 aromatic rings. The molecule has 10 heteroatoms. The number of rotatable bonds is 20. The largest absolute Gasteiger partial charge is 0.486 e. The summed E-state index contributed by atoms with van der Waals surface area (Å²) in [6.07, 6.45) is 12.8. The predicted octanol–water partition coefficient (Wildman–Crippen LogP) is 9.10. The third-order valence-corrected chi connectivity index (χ3v) is 12.5. The third-order valence-electron chi connectivity index (χ3n) is 12.5. The van der Waals surface area contributed by atoms with E-state index >= 15 is 0 Å². The molecule has 1 aliphatic heterocycles. The minimum atomic E-state index is -0.317. The molecule has 3 fully saturated rings. The highest BCUT2D eigenvalue weighted by Crippen LogP contribution is 2.35. The molecule has 2 aromatic heterocycles. The van der Waals surface area contributed by atoms with Crippen molar-refractivity contribution >= 4 is 5.82 Å². The van der Waals surface area contributed by atoms with E-state index in [0.717, 1.165) is 89.1 Å². The van der Waals surface area contributed by atoms with Crippen LogP contribution in [0.15, 0.2) is 36.7 Å². The molecule has 3 aliphatic rings. The molecule has 0 bridgehead atoms. The van der Waals surface area contributed by atoms with Crippen LogP contribution in [0.4, 0.5) is 5.82 Å². The molecular weight excluding hydrogens is 725 g/mol. The monoisotopic (exact) mass is 807 g/mol. The number of piperazine rings is 1. The normalized spacial score (nSPS) is 22.7. The minimum absolute atomic E-state index is 0.0450. The number of anilines is 1. The Balaban J connectivity index is 1.01. The summed E-state index contributed by atoms with van der Waals surface area (Å²) in [6.45, 7) is 36.8. The minimum Gasteiger partial charge on any atom is -0.486 e. The maximum absolute atomic E-state index is 6.48. The first-order valence-corrected chi connectivity index (χ1v) is 22.4. The van der Waals surface area contributed by atoms with Gasteiger partial charge in [0.15, 0.2) is 0 Å². The fourth-order valence-electron chi connectivity index (χ4n) is 8.52. The number of nitrogens with one attached hydrogen (secondary N) is 2. The van der Waals surface area contributed by atoms with Gasteiger partial charge in [-0.25, -0.2) is 9.97 Å². The molecule has 0 spiro atoms. The second kappa shape index (κ2) is 18.6. The topological polar surface area (TPSA) is 93.2 Å². The van der Waals surface area contributed by atoms with Gasteiger partial charge in [-0.1, -0.05) is 13.8 Å². The van der Waals surface area contributed by atoms with Gasteiger partial charge in [0, 0.05) is 67.1 Å². The zero-order valence-corrected chi connectivity index (χ0v) is 39.1. The van der Waals surface area contributed by atoms with E-state index in [-0.39, 0.29) is 39.3 Å². The number of ether oxygens (including phenoxy) is 4. The molecule has 0 amide bonds. The molecule has 2 saturated carbocycles. The Kier molecular flexibility index (Phi) is 15.0. The summed E-state index contributed by atoms with van der Waals surface area (Å²) in [5, 5.41) is 7.58. The van der Waals surface area contributed by atoms with E-state index in [1.807, 2.05) is 18.3 Å². The van der Waals surface area contributed by atoms with Crippen molar-refractivity contribution in [2.24, 2.45) is 0 Å². The predicted molar refractivity (Wildman–Crippen MR) is 239 cm³/mol. The van der Waals surface area contributed by atoms with Gasteiger partial charge >= 0.3 is 0 Å². The van der Waals surface area contributed by atoms with Crippen molar-refractivity contribution in [3.8, 4) is 11.6 Å². The number of nitrogens with zero attached hydrogens (tertiary/aromatic N) is 4. The van der Waals surface area contributed by atoms with Gasteiger partial charge < -0.3 is 34.5 Å². The fourth-order valence-corrected chi connectivity index (χ4v) is 8.52. The van der Waals surface area contributed by atoms with Gasteiger partial charge in [0.2, 0.25) is 5.88 Å². The van der Waals surface area contributed by atoms with Crippen molar-refractivity contribution in [1.29, 1.82) is 0 Å². The molecular formula is C48H82N6O4. The van der Waals surface area contributed by atoms with Gasteiger partial charge in [0.25, 0.3) is 0 Å². The molecule has 0 aromatic carbocycles. The van der Waals surface area contributed by atoms with E-state index in [9.17, 15) is 0 Å². The highest BCUT2D eigenvalue weighted by atomic mass is 16.5. The Morgan fingerprint density at radius 3 is 1.97 bits per heavy atom. The molecule has 328 valence electrons. The first-order valence-electron chi connectivity index (χ1n) is 22.4. The lowest BCUT2D eigenvalue weighted by atomic mass is 9.77. The Labute approximate surface area is 353 Å². The van der Waals surface area contributed by atoms with Gasteiger partial charge in [0.05, 0.1) is 31.1 Å². The summed E-state index contributed by atoms with van der Waals surface area (Å²) in [6, 6.07) is 9.54. The molecule has 0 atom stereocenters. The van der Waals surface area contributed by atoms with Crippen molar-refractivity contribution in [2.75, 3.05) is 44.3 Å². The van der Waals surface area contributed by atoms with Crippen LogP contribution in [-0.4, -0.2) is 106 Å². The van der Waals surface area contributed by atoms with E-state index < -0.39 is 0 Å². The van der Waals surface area contributed by atoms with Crippen molar-refractivity contribution in [3.63, 3.8) is 0 Å². The van der Waals surface area contributed by atoms with Crippen molar-refractivity contribution in [3.05, 3.63) is 42.2 Å². The molecule has 3 heterocycles. The lowest BCUT2D eigenvalue weighted by molar-refractivity contribution is -0.0759. The average molecular weight is 807 g/mol. The molecule has 0 radical (unpaired) electrons. The van der Waals surface area contributed by atoms with E-state index in [2.05, 4.69) is 134 Å². The van der Waals surface area contributed by atoms with Crippen molar-refractivity contribution in [2.45, 2.75) is 206 Å². The summed E-state index contributed by atoms with van der Waals surface area (Å²) in [7, 11) is 0. The third kappa shape index (κ3) is 14.6. The highest BCUT2D eigenvalue weighted by Gasteiger charge is 2.37. The summed E-state index contributed by atoms with van der Waals surface area (Å²) < 4.78 is 24.5. The molecule has 0 unspecified atom stereocenters. The number of aromatic nitrogens is 2. The van der Waals surface area contributed by atoms with Crippen LogP contribution in [0, 0.1) is 0 Å². The Hall–Kier alpha value is -2.50. The van der Waals surface area contributed by atoms with Gasteiger partial charge in [0.1, 0.15) is 23.3 Å². The van der Waals surface area contributed by atoms with Crippen molar-refractivity contribution in [1.82, 2.24) is 25.5 Å². The molecule has 2 aliphatic carbocycles. The lowest BCUT2D eigenvalue weighted by Crippen LogP contribution is -2.55. The second-order valence-electron chi connectivity index (χ2n) is 22.2. The van der Waals surface area contributed by atoms with Gasteiger partial charge in [-0.05, 0) is 164 Å². The van der Waals surface area contributed by atoms with Crippen molar-refractivity contribution < 1.29 is 18.9 Å². The van der Waals surface area contributed by atoms with Crippen LogP contribution in [-0.2, 0) is 14.9 Å². The standard InChI is InChI=1S/C48H82N6O4/c1-43(2,3)51-36-32-40(33-36)57-42-16-15-38(34-50-42)58-48(13,14)21-20-47(11,12)54-25-23-53(24-26-54)41-29-35(17-22-49-41)45(7,8)18-19-46(9,10)52-37-30-39(31-37)55-27-28-56-44(4,5)6/h15-17,22,29,34,36-37,39-40,51-52H,18-21,23-28,30-33H2,1-14H3. The van der Waals surface area contributed by atoms with E-state index in [1.54, 1.807) is 6.20 Å². The molecule has 10 nitrogen and oxygen atoms in total. The number of hydrogen-bond donors (Lipinski definition) is 2. The first kappa shape index (κ1) is 46.6. The van der Waals surface area contributed by atoms with E-state index in [1.165, 1.54) is 5.56 Å². The summed E-state index contributed by atoms with van der Waals surface area (Å²) in [5.74, 6) is 2.56. The SMILES string of the molecule is CC(C)(C)NC1CC(Oc2ccc(OC(C)(C)CCC(C)(C)N3CCN(c4cc(C(C)(C)CCC(C)(C)NC5CC(OCCOC(C)(C)C)C5)ccn4)CC3)cn2)C1. The second-order valence-corrected chi connectivity index (χ2v) is 22.2. The Bertz CT molecular complexity index is 1560. The van der Waals surface area contributed by atoms with Crippen LogP contribution < -0.4 is 25.0 Å². The van der Waals surface area contributed by atoms with Gasteiger partial charge in [-0.15, -0.1) is 0 Å². The maximum atomic E-state index is 6.48.